The van der Waals surface area contributed by atoms with Gasteiger partial charge in [0.25, 0.3) is 0 Å². The Kier molecular flexibility index (Phi) is 12.7. The second kappa shape index (κ2) is 10.7. The van der Waals surface area contributed by atoms with E-state index in [1.807, 2.05) is 27.7 Å². The molecular formula is C11H22S. The van der Waals surface area contributed by atoms with Gasteiger partial charge in [0.05, 0.1) is 0 Å². The fraction of sp³-hybridized carbons (Fsp3) is 0.636. The summed E-state index contributed by atoms with van der Waals surface area (Å²) in [5.74, 6) is 0. The van der Waals surface area contributed by atoms with Gasteiger partial charge in [0.2, 0.25) is 0 Å². The molecule has 0 saturated carbocycles. The average Bonchev–Trinajstić information content (AvgIpc) is 2.58. The van der Waals surface area contributed by atoms with E-state index in [0.717, 1.165) is 0 Å². The molecule has 0 atom stereocenters. The van der Waals surface area contributed by atoms with Gasteiger partial charge in [-0.05, 0) is 35.2 Å². The molecule has 0 aliphatic carbocycles. The van der Waals surface area contributed by atoms with Crippen LogP contribution < -0.4 is 0 Å². The quantitative estimate of drug-likeness (QED) is 0.598. The molecule has 0 spiro atoms. The summed E-state index contributed by atoms with van der Waals surface area (Å²) in [6.45, 7) is 12.4. The van der Waals surface area contributed by atoms with E-state index in [1.54, 1.807) is 11.3 Å². The molecule has 1 rings (SSSR count). The minimum atomic E-state index is 1.18. The molecule has 12 heavy (non-hydrogen) atoms. The lowest BCUT2D eigenvalue weighted by Gasteiger charge is -1.88. The highest BCUT2D eigenvalue weighted by Gasteiger charge is 1.92. The third kappa shape index (κ3) is 5.36. The molecular weight excluding hydrogens is 164 g/mol. The molecule has 0 saturated heterocycles. The molecule has 0 unspecified atom stereocenters. The molecule has 0 radical (unpaired) electrons. The van der Waals surface area contributed by atoms with Crippen LogP contribution >= 0.6 is 11.3 Å². The molecule has 0 fully saturated rings. The highest BCUT2D eigenvalue weighted by Crippen LogP contribution is 2.13. The topological polar surface area (TPSA) is 0 Å². The molecule has 0 aliphatic heterocycles. The zero-order chi connectivity index (χ0) is 9.98. The SMILES string of the molecule is CC.CC.CCc1cscc1C. The van der Waals surface area contributed by atoms with Crippen molar-refractivity contribution in [3.8, 4) is 0 Å². The molecule has 1 aromatic heterocycles. The molecule has 1 heterocycles. The van der Waals surface area contributed by atoms with Crippen LogP contribution in [0.1, 0.15) is 45.7 Å². The van der Waals surface area contributed by atoms with Crippen molar-refractivity contribution in [2.24, 2.45) is 0 Å². The van der Waals surface area contributed by atoms with Crippen molar-refractivity contribution >= 4 is 11.3 Å². The normalized spacial score (nSPS) is 7.50. The number of rotatable bonds is 1. The summed E-state index contributed by atoms with van der Waals surface area (Å²) < 4.78 is 0. The van der Waals surface area contributed by atoms with Gasteiger partial charge in [-0.1, -0.05) is 34.6 Å². The van der Waals surface area contributed by atoms with Gasteiger partial charge in [-0.2, -0.15) is 11.3 Å². The lowest BCUT2D eigenvalue weighted by molar-refractivity contribution is 1.13. The molecule has 0 N–H and O–H groups in total. The maximum Gasteiger partial charge on any atom is -0.00586 e. The number of hydrogen-bond acceptors (Lipinski definition) is 1. The first-order valence-corrected chi connectivity index (χ1v) is 5.80. The van der Waals surface area contributed by atoms with E-state index in [4.69, 9.17) is 0 Å². The number of aryl methyl sites for hydroxylation is 2. The fourth-order valence-electron chi connectivity index (χ4n) is 0.749. The second-order valence-corrected chi connectivity index (χ2v) is 2.68. The molecule has 0 bridgehead atoms. The summed E-state index contributed by atoms with van der Waals surface area (Å²) in [6, 6.07) is 0. The Bertz CT molecular complexity index is 165. The zero-order valence-electron chi connectivity index (χ0n) is 9.27. The highest BCUT2D eigenvalue weighted by atomic mass is 32.1. The van der Waals surface area contributed by atoms with Crippen LogP contribution in [0.2, 0.25) is 0 Å². The van der Waals surface area contributed by atoms with Crippen LogP contribution in [0.3, 0.4) is 0 Å². The highest BCUT2D eigenvalue weighted by molar-refractivity contribution is 7.08. The van der Waals surface area contributed by atoms with Crippen LogP contribution in [0, 0.1) is 6.92 Å². The first-order chi connectivity index (χ1) is 5.84. The van der Waals surface area contributed by atoms with Gasteiger partial charge in [-0.15, -0.1) is 0 Å². The van der Waals surface area contributed by atoms with Crippen molar-refractivity contribution in [1.29, 1.82) is 0 Å². The van der Waals surface area contributed by atoms with Gasteiger partial charge < -0.3 is 0 Å². The Morgan fingerprint density at radius 2 is 1.58 bits per heavy atom. The van der Waals surface area contributed by atoms with Gasteiger partial charge in [0.1, 0.15) is 0 Å². The summed E-state index contributed by atoms with van der Waals surface area (Å²) in [4.78, 5) is 0. The predicted octanol–water partition coefficient (Wildman–Crippen LogP) is 4.67. The van der Waals surface area contributed by atoms with E-state index in [1.165, 1.54) is 17.5 Å². The maximum absolute atomic E-state index is 2.22. The fourth-order valence-corrected chi connectivity index (χ4v) is 1.69. The standard InChI is InChI=1S/C7H10S.2C2H6/c1-3-7-5-8-4-6(7)2;2*1-2/h4-5H,3H2,1-2H3;2*1-2H3. The van der Waals surface area contributed by atoms with Gasteiger partial charge in [-0.3, -0.25) is 0 Å². The first-order valence-electron chi connectivity index (χ1n) is 4.86. The largest absolute Gasteiger partial charge is 0.152 e. The molecule has 1 heteroatoms. The Balaban J connectivity index is 0. The van der Waals surface area contributed by atoms with Crippen LogP contribution in [0.15, 0.2) is 10.8 Å². The molecule has 0 aromatic carbocycles. The Hall–Kier alpha value is -0.300. The van der Waals surface area contributed by atoms with Crippen molar-refractivity contribution < 1.29 is 0 Å². The van der Waals surface area contributed by atoms with Crippen LogP contribution in [0.25, 0.3) is 0 Å². The number of thiophene rings is 1. The Morgan fingerprint density at radius 3 is 1.75 bits per heavy atom. The van der Waals surface area contributed by atoms with Crippen molar-refractivity contribution in [2.75, 3.05) is 0 Å². The van der Waals surface area contributed by atoms with Crippen molar-refractivity contribution in [3.63, 3.8) is 0 Å². The van der Waals surface area contributed by atoms with Gasteiger partial charge in [-0.25, -0.2) is 0 Å². The monoisotopic (exact) mass is 186 g/mol. The summed E-state index contributed by atoms with van der Waals surface area (Å²) in [5, 5.41) is 4.41. The van der Waals surface area contributed by atoms with E-state index in [2.05, 4.69) is 24.6 Å². The minimum Gasteiger partial charge on any atom is -0.152 e. The lowest BCUT2D eigenvalue weighted by atomic mass is 10.2. The van der Waals surface area contributed by atoms with Crippen molar-refractivity contribution in [3.05, 3.63) is 21.9 Å². The van der Waals surface area contributed by atoms with Crippen molar-refractivity contribution in [1.82, 2.24) is 0 Å². The summed E-state index contributed by atoms with van der Waals surface area (Å²) in [5.41, 5.74) is 2.94. The average molecular weight is 186 g/mol. The zero-order valence-corrected chi connectivity index (χ0v) is 10.1. The second-order valence-electron chi connectivity index (χ2n) is 1.93. The number of hydrogen-bond donors (Lipinski definition) is 0. The first kappa shape index (κ1) is 14.2. The maximum atomic E-state index is 2.22. The Morgan fingerprint density at radius 1 is 1.08 bits per heavy atom. The Labute approximate surface area is 81.6 Å². The summed E-state index contributed by atoms with van der Waals surface area (Å²) in [7, 11) is 0. The van der Waals surface area contributed by atoms with E-state index in [9.17, 15) is 0 Å². The van der Waals surface area contributed by atoms with E-state index in [-0.39, 0.29) is 0 Å². The molecule has 1 aromatic rings. The van der Waals surface area contributed by atoms with E-state index in [0.29, 0.717) is 0 Å². The summed E-state index contributed by atoms with van der Waals surface area (Å²) >= 11 is 1.79. The third-order valence-electron chi connectivity index (χ3n) is 1.34. The summed E-state index contributed by atoms with van der Waals surface area (Å²) in [6.07, 6.45) is 1.18. The van der Waals surface area contributed by atoms with Crippen LogP contribution in [-0.4, -0.2) is 0 Å². The third-order valence-corrected chi connectivity index (χ3v) is 2.25. The van der Waals surface area contributed by atoms with Crippen LogP contribution in [0.5, 0.6) is 0 Å². The van der Waals surface area contributed by atoms with Crippen LogP contribution in [0.4, 0.5) is 0 Å². The molecule has 72 valence electrons. The smallest absolute Gasteiger partial charge is 0.00586 e. The van der Waals surface area contributed by atoms with Gasteiger partial charge >= 0.3 is 0 Å². The molecule has 0 nitrogen and oxygen atoms in total. The minimum absolute atomic E-state index is 1.18. The van der Waals surface area contributed by atoms with Gasteiger partial charge in [0, 0.05) is 0 Å². The molecule has 0 amide bonds. The van der Waals surface area contributed by atoms with Crippen molar-refractivity contribution in [2.45, 2.75) is 48.0 Å². The van der Waals surface area contributed by atoms with Gasteiger partial charge in [0.15, 0.2) is 0 Å². The predicted molar refractivity (Wildman–Crippen MR) is 61.1 cm³/mol. The molecule has 0 aliphatic rings. The lowest BCUT2D eigenvalue weighted by Crippen LogP contribution is -1.75. The van der Waals surface area contributed by atoms with E-state index >= 15 is 0 Å². The van der Waals surface area contributed by atoms with E-state index < -0.39 is 0 Å². The van der Waals surface area contributed by atoms with Crippen LogP contribution in [-0.2, 0) is 6.42 Å².